The molecule has 2 N–H and O–H groups in total. The van der Waals surface area contributed by atoms with Gasteiger partial charge in [-0.25, -0.2) is 4.79 Å². The summed E-state index contributed by atoms with van der Waals surface area (Å²) < 4.78 is 5.19. The molecule has 0 saturated carbocycles. The summed E-state index contributed by atoms with van der Waals surface area (Å²) in [5.74, 6) is 0.529. The number of nitrogens with one attached hydrogen (secondary N) is 2. The summed E-state index contributed by atoms with van der Waals surface area (Å²) in [6.07, 6.45) is 0.220. The van der Waals surface area contributed by atoms with Crippen molar-refractivity contribution in [3.05, 3.63) is 54.1 Å². The van der Waals surface area contributed by atoms with Crippen LogP contribution in [0.2, 0.25) is 0 Å². The van der Waals surface area contributed by atoms with Gasteiger partial charge in [0.05, 0.1) is 13.2 Å². The van der Waals surface area contributed by atoms with E-state index in [1.165, 1.54) is 6.92 Å². The van der Waals surface area contributed by atoms with Crippen LogP contribution in [-0.2, 0) is 4.79 Å². The number of carbonyl (C=O) groups is 3. The first kappa shape index (κ1) is 18.4. The van der Waals surface area contributed by atoms with Crippen molar-refractivity contribution in [3.8, 4) is 5.75 Å². The third kappa shape index (κ3) is 4.44. The molecule has 1 heterocycles. The topological polar surface area (TPSA) is 87.7 Å². The van der Waals surface area contributed by atoms with E-state index in [0.717, 1.165) is 5.69 Å². The van der Waals surface area contributed by atoms with E-state index in [1.54, 1.807) is 42.3 Å². The molecular formula is C20H21N3O4. The summed E-state index contributed by atoms with van der Waals surface area (Å²) >= 11 is 0. The number of hydrogen-bond donors (Lipinski definition) is 2. The fraction of sp³-hybridized carbons (Fsp3) is 0.250. The molecular weight excluding hydrogens is 346 g/mol. The monoisotopic (exact) mass is 367 g/mol. The number of rotatable bonds is 5. The summed E-state index contributed by atoms with van der Waals surface area (Å²) in [5, 5.41) is 5.51. The number of ketones is 1. The van der Waals surface area contributed by atoms with Crippen molar-refractivity contribution in [1.82, 2.24) is 5.32 Å². The van der Waals surface area contributed by atoms with Crippen LogP contribution in [0.1, 0.15) is 23.7 Å². The fourth-order valence-corrected chi connectivity index (χ4v) is 3.00. The lowest BCUT2D eigenvalue weighted by Gasteiger charge is -2.18. The van der Waals surface area contributed by atoms with Gasteiger partial charge in [0.1, 0.15) is 5.75 Å². The van der Waals surface area contributed by atoms with Gasteiger partial charge in [0.15, 0.2) is 5.78 Å². The van der Waals surface area contributed by atoms with Gasteiger partial charge < -0.3 is 20.3 Å². The summed E-state index contributed by atoms with van der Waals surface area (Å²) in [6.45, 7) is 1.85. The zero-order chi connectivity index (χ0) is 19.4. The van der Waals surface area contributed by atoms with Crippen LogP contribution in [-0.4, -0.2) is 37.4 Å². The van der Waals surface area contributed by atoms with Crippen molar-refractivity contribution >= 4 is 29.1 Å². The minimum absolute atomic E-state index is 0.0628. The van der Waals surface area contributed by atoms with E-state index in [0.29, 0.717) is 23.5 Å². The number of anilines is 2. The fourth-order valence-electron chi connectivity index (χ4n) is 3.00. The molecule has 27 heavy (non-hydrogen) atoms. The van der Waals surface area contributed by atoms with Crippen molar-refractivity contribution in [1.29, 1.82) is 0 Å². The second-order valence-electron chi connectivity index (χ2n) is 6.34. The van der Waals surface area contributed by atoms with Crippen LogP contribution < -0.4 is 20.3 Å². The van der Waals surface area contributed by atoms with Crippen LogP contribution in [0.4, 0.5) is 16.2 Å². The Hall–Kier alpha value is -3.35. The molecule has 2 aromatic carbocycles. The smallest absolute Gasteiger partial charge is 0.319 e. The van der Waals surface area contributed by atoms with Gasteiger partial charge in [0.2, 0.25) is 5.91 Å². The molecule has 1 saturated heterocycles. The SMILES string of the molecule is COc1cccc(N2C[C@H](NC(=O)Nc3cccc(C(C)=O)c3)CC2=O)c1. The Morgan fingerprint density at radius 2 is 1.93 bits per heavy atom. The summed E-state index contributed by atoms with van der Waals surface area (Å²) in [4.78, 5) is 37.6. The number of nitrogens with zero attached hydrogens (tertiary/aromatic N) is 1. The molecule has 1 aliphatic rings. The quantitative estimate of drug-likeness (QED) is 0.796. The summed E-state index contributed by atoms with van der Waals surface area (Å²) in [6, 6.07) is 13.2. The number of ether oxygens (including phenoxy) is 1. The molecule has 0 unspecified atom stereocenters. The molecule has 3 rings (SSSR count). The Labute approximate surface area is 157 Å². The van der Waals surface area contributed by atoms with Gasteiger partial charge in [-0.05, 0) is 31.2 Å². The highest BCUT2D eigenvalue weighted by Crippen LogP contribution is 2.25. The van der Waals surface area contributed by atoms with E-state index in [4.69, 9.17) is 4.74 Å². The van der Waals surface area contributed by atoms with E-state index in [9.17, 15) is 14.4 Å². The molecule has 0 aliphatic carbocycles. The minimum atomic E-state index is -0.416. The maximum absolute atomic E-state index is 12.3. The number of urea groups is 1. The van der Waals surface area contributed by atoms with E-state index in [-0.39, 0.29) is 24.2 Å². The van der Waals surface area contributed by atoms with Crippen molar-refractivity contribution in [2.75, 3.05) is 23.9 Å². The molecule has 2 aromatic rings. The highest BCUT2D eigenvalue weighted by molar-refractivity contribution is 5.99. The van der Waals surface area contributed by atoms with Crippen molar-refractivity contribution in [2.45, 2.75) is 19.4 Å². The zero-order valence-electron chi connectivity index (χ0n) is 15.2. The molecule has 7 nitrogen and oxygen atoms in total. The maximum Gasteiger partial charge on any atom is 0.319 e. The largest absolute Gasteiger partial charge is 0.497 e. The number of amides is 3. The molecule has 0 aromatic heterocycles. The summed E-state index contributed by atoms with van der Waals surface area (Å²) in [5.41, 5.74) is 1.78. The van der Waals surface area contributed by atoms with Gasteiger partial charge in [0, 0.05) is 36.0 Å². The first-order chi connectivity index (χ1) is 13.0. The molecule has 7 heteroatoms. The van der Waals surface area contributed by atoms with Gasteiger partial charge in [-0.2, -0.15) is 0 Å². The first-order valence-electron chi connectivity index (χ1n) is 8.59. The average Bonchev–Trinajstić information content (AvgIpc) is 3.01. The maximum atomic E-state index is 12.3. The Bertz CT molecular complexity index is 881. The first-order valence-corrected chi connectivity index (χ1v) is 8.59. The highest BCUT2D eigenvalue weighted by atomic mass is 16.5. The van der Waals surface area contributed by atoms with Crippen LogP contribution >= 0.6 is 0 Å². The van der Waals surface area contributed by atoms with Crippen LogP contribution in [0.5, 0.6) is 5.75 Å². The van der Waals surface area contributed by atoms with Crippen LogP contribution in [0.25, 0.3) is 0 Å². The van der Waals surface area contributed by atoms with Gasteiger partial charge in [0.25, 0.3) is 0 Å². The highest BCUT2D eigenvalue weighted by Gasteiger charge is 2.31. The lowest BCUT2D eigenvalue weighted by Crippen LogP contribution is -2.39. The van der Waals surface area contributed by atoms with Crippen LogP contribution in [0.15, 0.2) is 48.5 Å². The van der Waals surface area contributed by atoms with E-state index in [2.05, 4.69) is 10.6 Å². The number of benzene rings is 2. The molecule has 1 aliphatic heterocycles. The molecule has 0 bridgehead atoms. The number of hydrogen-bond acceptors (Lipinski definition) is 4. The average molecular weight is 367 g/mol. The van der Waals surface area contributed by atoms with Crippen molar-refractivity contribution in [3.63, 3.8) is 0 Å². The Balaban J connectivity index is 1.61. The minimum Gasteiger partial charge on any atom is -0.497 e. The molecule has 1 atom stereocenters. The molecule has 0 spiro atoms. The van der Waals surface area contributed by atoms with Crippen molar-refractivity contribution < 1.29 is 19.1 Å². The molecule has 140 valence electrons. The van der Waals surface area contributed by atoms with Crippen LogP contribution in [0.3, 0.4) is 0 Å². The standard InChI is InChI=1S/C20H21N3O4/c1-13(24)14-5-3-6-15(9-14)21-20(26)22-16-10-19(25)23(12-16)17-7-4-8-18(11-17)27-2/h3-9,11,16H,10,12H2,1-2H3,(H2,21,22,26)/t16-/m1/s1. The predicted molar refractivity (Wildman–Crippen MR) is 102 cm³/mol. The Morgan fingerprint density at radius 1 is 1.15 bits per heavy atom. The predicted octanol–water partition coefficient (Wildman–Crippen LogP) is 2.82. The Morgan fingerprint density at radius 3 is 2.67 bits per heavy atom. The van der Waals surface area contributed by atoms with Crippen molar-refractivity contribution in [2.24, 2.45) is 0 Å². The Kier molecular flexibility index (Phi) is 5.40. The normalized spacial score (nSPS) is 16.1. The molecule has 3 amide bonds. The lowest BCUT2D eigenvalue weighted by molar-refractivity contribution is -0.117. The molecule has 0 radical (unpaired) electrons. The summed E-state index contributed by atoms with van der Waals surface area (Å²) in [7, 11) is 1.57. The van der Waals surface area contributed by atoms with Gasteiger partial charge in [-0.3, -0.25) is 9.59 Å². The van der Waals surface area contributed by atoms with E-state index in [1.807, 2.05) is 18.2 Å². The lowest BCUT2D eigenvalue weighted by atomic mass is 10.1. The van der Waals surface area contributed by atoms with Crippen LogP contribution in [0, 0.1) is 0 Å². The number of carbonyl (C=O) groups excluding carboxylic acids is 3. The third-order valence-electron chi connectivity index (χ3n) is 4.35. The van der Waals surface area contributed by atoms with Gasteiger partial charge >= 0.3 is 6.03 Å². The second-order valence-corrected chi connectivity index (χ2v) is 6.34. The van der Waals surface area contributed by atoms with E-state index < -0.39 is 6.03 Å². The van der Waals surface area contributed by atoms with Gasteiger partial charge in [-0.1, -0.05) is 18.2 Å². The van der Waals surface area contributed by atoms with Gasteiger partial charge in [-0.15, -0.1) is 0 Å². The van der Waals surface area contributed by atoms with E-state index >= 15 is 0 Å². The number of Topliss-reactive ketones (excluding diaryl/α,β-unsaturated/α-hetero) is 1. The molecule has 1 fully saturated rings. The number of methoxy groups -OCH3 is 1. The second kappa shape index (κ2) is 7.90. The third-order valence-corrected chi connectivity index (χ3v) is 4.35. The zero-order valence-corrected chi connectivity index (χ0v) is 15.2.